The number of ether oxygens (including phenoxy) is 1. The van der Waals surface area contributed by atoms with Gasteiger partial charge in [0.1, 0.15) is 5.60 Å². The van der Waals surface area contributed by atoms with Gasteiger partial charge in [0.05, 0.1) is 6.61 Å². The summed E-state index contributed by atoms with van der Waals surface area (Å²) in [5.74, 6) is 0. The fourth-order valence-electron chi connectivity index (χ4n) is 1.36. The Morgan fingerprint density at radius 2 is 2.36 bits per heavy atom. The van der Waals surface area contributed by atoms with Gasteiger partial charge in [-0.2, -0.15) is 0 Å². The van der Waals surface area contributed by atoms with Crippen LogP contribution in [-0.4, -0.2) is 36.5 Å². The molecule has 1 saturated carbocycles. The molecule has 1 aliphatic heterocycles. The van der Waals surface area contributed by atoms with Gasteiger partial charge < -0.3 is 15.2 Å². The molecule has 2 rings (SSSR count). The molecule has 2 N–H and O–H groups in total. The molecule has 1 unspecified atom stereocenters. The lowest BCUT2D eigenvalue weighted by atomic mass is 10.0. The van der Waals surface area contributed by atoms with Crippen LogP contribution in [0.3, 0.4) is 0 Å². The third-order valence-electron chi connectivity index (χ3n) is 2.38. The number of hydrogen-bond donors (Lipinski definition) is 2. The van der Waals surface area contributed by atoms with Gasteiger partial charge in [-0.25, -0.2) is 0 Å². The Labute approximate surface area is 66.7 Å². The van der Waals surface area contributed by atoms with E-state index in [-0.39, 0.29) is 0 Å². The molecular formula is C8H15NO2. The van der Waals surface area contributed by atoms with E-state index in [9.17, 15) is 5.11 Å². The zero-order chi connectivity index (χ0) is 7.73. The molecule has 2 fully saturated rings. The summed E-state index contributed by atoms with van der Waals surface area (Å²) >= 11 is 0. The predicted molar refractivity (Wildman–Crippen MR) is 41.4 cm³/mol. The monoisotopic (exact) mass is 157 g/mol. The normalized spacial score (nSPS) is 37.9. The van der Waals surface area contributed by atoms with Crippen LogP contribution in [0.15, 0.2) is 0 Å². The quantitative estimate of drug-likeness (QED) is 0.600. The van der Waals surface area contributed by atoms with Crippen LogP contribution in [0.4, 0.5) is 0 Å². The second-order valence-electron chi connectivity index (χ2n) is 3.68. The summed E-state index contributed by atoms with van der Waals surface area (Å²) in [6, 6.07) is 0.680. The predicted octanol–water partition coefficient (Wildman–Crippen LogP) is -0.110. The molecule has 11 heavy (non-hydrogen) atoms. The second kappa shape index (κ2) is 2.73. The summed E-state index contributed by atoms with van der Waals surface area (Å²) in [4.78, 5) is 0. The van der Waals surface area contributed by atoms with E-state index < -0.39 is 5.60 Å². The van der Waals surface area contributed by atoms with E-state index in [1.807, 2.05) is 0 Å². The Morgan fingerprint density at radius 3 is 2.91 bits per heavy atom. The van der Waals surface area contributed by atoms with Gasteiger partial charge in [0.15, 0.2) is 0 Å². The van der Waals surface area contributed by atoms with Gasteiger partial charge in [0.25, 0.3) is 0 Å². The molecular weight excluding hydrogens is 142 g/mol. The van der Waals surface area contributed by atoms with Crippen LogP contribution in [0.5, 0.6) is 0 Å². The molecule has 0 amide bonds. The topological polar surface area (TPSA) is 41.5 Å². The molecule has 0 bridgehead atoms. The molecule has 1 aliphatic carbocycles. The average molecular weight is 157 g/mol. The van der Waals surface area contributed by atoms with Gasteiger partial charge >= 0.3 is 0 Å². The van der Waals surface area contributed by atoms with E-state index in [0.717, 1.165) is 6.42 Å². The maximum atomic E-state index is 9.78. The van der Waals surface area contributed by atoms with E-state index in [0.29, 0.717) is 25.8 Å². The summed E-state index contributed by atoms with van der Waals surface area (Å²) in [7, 11) is 0. The second-order valence-corrected chi connectivity index (χ2v) is 3.68. The minimum atomic E-state index is -0.567. The summed E-state index contributed by atoms with van der Waals surface area (Å²) < 4.78 is 5.12. The molecule has 0 aromatic heterocycles. The molecule has 0 radical (unpaired) electrons. The summed E-state index contributed by atoms with van der Waals surface area (Å²) in [6.07, 6.45) is 3.33. The average Bonchev–Trinajstić information content (AvgIpc) is 2.73. The first-order chi connectivity index (χ1) is 5.29. The number of hydrogen-bond acceptors (Lipinski definition) is 3. The summed E-state index contributed by atoms with van der Waals surface area (Å²) in [6.45, 7) is 1.92. The zero-order valence-electron chi connectivity index (χ0n) is 6.68. The van der Waals surface area contributed by atoms with Crippen molar-refractivity contribution in [3.05, 3.63) is 0 Å². The molecule has 1 atom stereocenters. The third-order valence-corrected chi connectivity index (χ3v) is 2.38. The Morgan fingerprint density at radius 1 is 1.55 bits per heavy atom. The van der Waals surface area contributed by atoms with Crippen molar-refractivity contribution in [1.82, 2.24) is 5.32 Å². The summed E-state index contributed by atoms with van der Waals surface area (Å²) in [5, 5.41) is 13.1. The van der Waals surface area contributed by atoms with Crippen LogP contribution in [-0.2, 0) is 4.74 Å². The van der Waals surface area contributed by atoms with E-state index in [4.69, 9.17) is 4.74 Å². The van der Waals surface area contributed by atoms with Crippen molar-refractivity contribution >= 4 is 0 Å². The molecule has 3 nitrogen and oxygen atoms in total. The maximum Gasteiger partial charge on any atom is 0.102 e. The fourth-order valence-corrected chi connectivity index (χ4v) is 1.36. The van der Waals surface area contributed by atoms with Crippen molar-refractivity contribution in [2.75, 3.05) is 19.8 Å². The van der Waals surface area contributed by atoms with Crippen molar-refractivity contribution in [1.29, 1.82) is 0 Å². The first-order valence-corrected chi connectivity index (χ1v) is 4.32. The molecule has 2 aliphatic rings. The van der Waals surface area contributed by atoms with Crippen molar-refractivity contribution in [3.63, 3.8) is 0 Å². The first kappa shape index (κ1) is 7.53. The highest BCUT2D eigenvalue weighted by molar-refractivity contribution is 4.89. The molecule has 1 saturated heterocycles. The van der Waals surface area contributed by atoms with Crippen LogP contribution < -0.4 is 5.32 Å². The third kappa shape index (κ3) is 1.92. The lowest BCUT2D eigenvalue weighted by Crippen LogP contribution is -2.41. The van der Waals surface area contributed by atoms with Crippen LogP contribution in [0.2, 0.25) is 0 Å². The van der Waals surface area contributed by atoms with Gasteiger partial charge in [-0.05, 0) is 12.8 Å². The SMILES string of the molecule is OC1(CNC2CC2)CCOC1. The van der Waals surface area contributed by atoms with E-state index in [1.165, 1.54) is 12.8 Å². The van der Waals surface area contributed by atoms with E-state index in [1.54, 1.807) is 0 Å². The largest absolute Gasteiger partial charge is 0.386 e. The van der Waals surface area contributed by atoms with Crippen molar-refractivity contribution in [2.45, 2.75) is 30.9 Å². The highest BCUT2D eigenvalue weighted by Crippen LogP contribution is 2.22. The van der Waals surface area contributed by atoms with Gasteiger partial charge in [-0.3, -0.25) is 0 Å². The Balaban J connectivity index is 1.73. The van der Waals surface area contributed by atoms with Crippen molar-refractivity contribution in [2.24, 2.45) is 0 Å². The number of aliphatic hydroxyl groups is 1. The van der Waals surface area contributed by atoms with Crippen LogP contribution >= 0.6 is 0 Å². The Kier molecular flexibility index (Phi) is 1.87. The Bertz CT molecular complexity index is 139. The van der Waals surface area contributed by atoms with E-state index in [2.05, 4.69) is 5.32 Å². The molecule has 0 spiro atoms. The van der Waals surface area contributed by atoms with Crippen LogP contribution in [0, 0.1) is 0 Å². The highest BCUT2D eigenvalue weighted by Gasteiger charge is 2.33. The lowest BCUT2D eigenvalue weighted by molar-refractivity contribution is 0.0268. The van der Waals surface area contributed by atoms with Gasteiger partial charge in [0.2, 0.25) is 0 Å². The minimum Gasteiger partial charge on any atom is -0.386 e. The van der Waals surface area contributed by atoms with Gasteiger partial charge in [-0.1, -0.05) is 0 Å². The van der Waals surface area contributed by atoms with Crippen LogP contribution in [0.1, 0.15) is 19.3 Å². The van der Waals surface area contributed by atoms with Gasteiger partial charge in [-0.15, -0.1) is 0 Å². The van der Waals surface area contributed by atoms with Crippen LogP contribution in [0.25, 0.3) is 0 Å². The van der Waals surface area contributed by atoms with Crippen molar-refractivity contribution in [3.8, 4) is 0 Å². The van der Waals surface area contributed by atoms with E-state index >= 15 is 0 Å². The molecule has 3 heteroatoms. The zero-order valence-corrected chi connectivity index (χ0v) is 6.68. The lowest BCUT2D eigenvalue weighted by Gasteiger charge is -2.20. The standard InChI is InChI=1S/C8H15NO2/c10-8(3-4-11-6-8)5-9-7-1-2-7/h7,9-10H,1-6H2. The minimum absolute atomic E-state index is 0.507. The fraction of sp³-hybridized carbons (Fsp3) is 1.00. The molecule has 0 aromatic carbocycles. The molecule has 0 aromatic rings. The molecule has 64 valence electrons. The van der Waals surface area contributed by atoms with Crippen molar-refractivity contribution < 1.29 is 9.84 Å². The van der Waals surface area contributed by atoms with Gasteiger partial charge in [0, 0.05) is 25.6 Å². The number of rotatable bonds is 3. The highest BCUT2D eigenvalue weighted by atomic mass is 16.5. The molecule has 1 heterocycles. The first-order valence-electron chi connectivity index (χ1n) is 4.32. The Hall–Kier alpha value is -0.120. The number of nitrogens with one attached hydrogen (secondary N) is 1. The maximum absolute atomic E-state index is 9.78. The summed E-state index contributed by atoms with van der Waals surface area (Å²) in [5.41, 5.74) is -0.567. The smallest absolute Gasteiger partial charge is 0.102 e.